The maximum atomic E-state index is 13.5. The Morgan fingerprint density at radius 1 is 1.03 bits per heavy atom. The maximum absolute atomic E-state index is 13.5. The third-order valence-electron chi connectivity index (χ3n) is 6.35. The number of hydrogen-bond donors (Lipinski definition) is 1. The topological polar surface area (TPSA) is 62.5 Å². The summed E-state index contributed by atoms with van der Waals surface area (Å²) in [6.45, 7) is 2.37. The van der Waals surface area contributed by atoms with Crippen LogP contribution in [0.1, 0.15) is 50.7 Å². The molecular weight excluding hydrogens is 376 g/mol. The molecule has 3 aromatic rings. The first-order chi connectivity index (χ1) is 14.5. The minimum absolute atomic E-state index is 0.180. The van der Waals surface area contributed by atoms with Crippen molar-refractivity contribution in [2.75, 3.05) is 6.54 Å². The number of carbonyl (C=O) groups is 1. The van der Waals surface area contributed by atoms with Gasteiger partial charge in [-0.05, 0) is 66.1 Å². The Bertz CT molecular complexity index is 1210. The van der Waals surface area contributed by atoms with Crippen molar-refractivity contribution in [1.29, 1.82) is 0 Å². The van der Waals surface area contributed by atoms with Gasteiger partial charge in [-0.2, -0.15) is 0 Å². The molecule has 0 fully saturated rings. The standard InChI is InChI=1S/C25H24N2O3/c1-16-12-13-27(21-11-5-8-17-7-4-10-19(17)21)25(30)23(16)24(29)26-14-18-6-2-3-9-20(18)22(28)15-26/h2-3,5-6,8-9,11-13,22,28H,4,7,10,14-15H2,1H3. The number of benzene rings is 2. The lowest BCUT2D eigenvalue weighted by atomic mass is 9.96. The van der Waals surface area contributed by atoms with Gasteiger partial charge in [0, 0.05) is 12.7 Å². The van der Waals surface area contributed by atoms with Crippen molar-refractivity contribution >= 4 is 5.91 Å². The van der Waals surface area contributed by atoms with Crippen molar-refractivity contribution in [3.63, 3.8) is 0 Å². The molecule has 5 rings (SSSR count). The van der Waals surface area contributed by atoms with Gasteiger partial charge < -0.3 is 10.0 Å². The number of amides is 1. The monoisotopic (exact) mass is 400 g/mol. The number of β-amino-alcohol motifs (C(OH)–C–C–N with tert-alkyl or cyclic N) is 1. The molecule has 1 N–H and O–H groups in total. The molecule has 0 saturated carbocycles. The third-order valence-corrected chi connectivity index (χ3v) is 6.35. The second kappa shape index (κ2) is 7.26. The molecule has 0 spiro atoms. The summed E-state index contributed by atoms with van der Waals surface area (Å²) >= 11 is 0. The van der Waals surface area contributed by atoms with E-state index < -0.39 is 6.10 Å². The molecule has 0 saturated heterocycles. The van der Waals surface area contributed by atoms with Gasteiger partial charge in [0.2, 0.25) is 0 Å². The van der Waals surface area contributed by atoms with Crippen LogP contribution in [-0.4, -0.2) is 27.0 Å². The molecule has 2 aliphatic rings. The fourth-order valence-corrected chi connectivity index (χ4v) is 4.79. The first-order valence-electron chi connectivity index (χ1n) is 10.4. The molecule has 2 aromatic carbocycles. The smallest absolute Gasteiger partial charge is 0.268 e. The summed E-state index contributed by atoms with van der Waals surface area (Å²) in [6, 6.07) is 15.5. The summed E-state index contributed by atoms with van der Waals surface area (Å²) in [6.07, 6.45) is 4.08. The lowest BCUT2D eigenvalue weighted by Gasteiger charge is -2.32. The number of aliphatic hydroxyl groups excluding tert-OH is 1. The molecule has 1 aliphatic heterocycles. The number of aryl methyl sites for hydroxylation is 2. The number of aliphatic hydroxyl groups is 1. The average Bonchev–Trinajstić information content (AvgIpc) is 3.23. The van der Waals surface area contributed by atoms with Crippen LogP contribution < -0.4 is 5.56 Å². The van der Waals surface area contributed by atoms with Crippen molar-refractivity contribution in [2.45, 2.75) is 38.8 Å². The van der Waals surface area contributed by atoms with Gasteiger partial charge in [-0.1, -0.05) is 36.4 Å². The zero-order valence-electron chi connectivity index (χ0n) is 17.0. The maximum Gasteiger partial charge on any atom is 0.268 e. The molecule has 1 atom stereocenters. The molecule has 1 aromatic heterocycles. The molecule has 0 bridgehead atoms. The highest BCUT2D eigenvalue weighted by Gasteiger charge is 2.30. The van der Waals surface area contributed by atoms with E-state index >= 15 is 0 Å². The van der Waals surface area contributed by atoms with E-state index in [0.717, 1.165) is 36.1 Å². The fraction of sp³-hybridized carbons (Fsp3) is 0.280. The Morgan fingerprint density at radius 3 is 2.70 bits per heavy atom. The summed E-state index contributed by atoms with van der Waals surface area (Å²) in [7, 11) is 0. The molecule has 2 heterocycles. The summed E-state index contributed by atoms with van der Waals surface area (Å²) in [4.78, 5) is 28.4. The van der Waals surface area contributed by atoms with Crippen LogP contribution in [0, 0.1) is 6.92 Å². The van der Waals surface area contributed by atoms with Gasteiger partial charge in [-0.25, -0.2) is 0 Å². The Balaban J connectivity index is 1.56. The van der Waals surface area contributed by atoms with Crippen molar-refractivity contribution in [3.05, 3.63) is 98.5 Å². The Morgan fingerprint density at radius 2 is 1.83 bits per heavy atom. The first-order valence-corrected chi connectivity index (χ1v) is 10.4. The molecule has 0 radical (unpaired) electrons. The minimum Gasteiger partial charge on any atom is -0.387 e. The van der Waals surface area contributed by atoms with E-state index in [1.807, 2.05) is 42.5 Å². The first kappa shape index (κ1) is 18.8. The van der Waals surface area contributed by atoms with E-state index in [2.05, 4.69) is 6.07 Å². The third kappa shape index (κ3) is 2.97. The van der Waals surface area contributed by atoms with Gasteiger partial charge in [-0.3, -0.25) is 14.2 Å². The van der Waals surface area contributed by atoms with Crippen LogP contribution in [0.2, 0.25) is 0 Å². The SMILES string of the molecule is Cc1ccn(-c2cccc3c2CCC3)c(=O)c1C(=O)N1Cc2ccccc2C(O)C1. The number of rotatable bonds is 2. The van der Waals surface area contributed by atoms with E-state index in [4.69, 9.17) is 0 Å². The second-order valence-corrected chi connectivity index (χ2v) is 8.22. The Kier molecular flexibility index (Phi) is 4.55. The van der Waals surface area contributed by atoms with Gasteiger partial charge in [-0.15, -0.1) is 0 Å². The molecule has 5 heteroatoms. The lowest BCUT2D eigenvalue weighted by molar-refractivity contribution is 0.0547. The average molecular weight is 400 g/mol. The van der Waals surface area contributed by atoms with Crippen LogP contribution in [-0.2, 0) is 19.4 Å². The highest BCUT2D eigenvalue weighted by atomic mass is 16.3. The lowest BCUT2D eigenvalue weighted by Crippen LogP contribution is -2.41. The van der Waals surface area contributed by atoms with Crippen molar-refractivity contribution in [1.82, 2.24) is 9.47 Å². The molecular formula is C25H24N2O3. The molecule has 1 aliphatic carbocycles. The van der Waals surface area contributed by atoms with Crippen molar-refractivity contribution in [2.24, 2.45) is 0 Å². The van der Waals surface area contributed by atoms with Crippen LogP contribution in [0.5, 0.6) is 0 Å². The molecule has 5 nitrogen and oxygen atoms in total. The highest BCUT2D eigenvalue weighted by molar-refractivity contribution is 5.95. The number of aromatic nitrogens is 1. The predicted molar refractivity (Wildman–Crippen MR) is 115 cm³/mol. The number of fused-ring (bicyclic) bond motifs is 2. The van der Waals surface area contributed by atoms with Crippen LogP contribution in [0.3, 0.4) is 0 Å². The van der Waals surface area contributed by atoms with E-state index in [1.54, 1.807) is 22.6 Å². The Labute approximate surface area is 175 Å². The Hall–Kier alpha value is -3.18. The van der Waals surface area contributed by atoms with E-state index in [0.29, 0.717) is 12.1 Å². The zero-order chi connectivity index (χ0) is 20.8. The van der Waals surface area contributed by atoms with Crippen molar-refractivity contribution < 1.29 is 9.90 Å². The zero-order valence-corrected chi connectivity index (χ0v) is 17.0. The largest absolute Gasteiger partial charge is 0.387 e. The van der Waals surface area contributed by atoms with E-state index in [-0.39, 0.29) is 23.6 Å². The highest BCUT2D eigenvalue weighted by Crippen LogP contribution is 2.29. The number of pyridine rings is 1. The summed E-state index contributed by atoms with van der Waals surface area (Å²) in [5, 5.41) is 10.5. The van der Waals surface area contributed by atoms with Gasteiger partial charge in [0.1, 0.15) is 5.56 Å². The minimum atomic E-state index is -0.748. The summed E-state index contributed by atoms with van der Waals surface area (Å²) in [5.41, 5.74) is 5.65. The van der Waals surface area contributed by atoms with Crippen molar-refractivity contribution in [3.8, 4) is 5.69 Å². The molecule has 30 heavy (non-hydrogen) atoms. The normalized spacial score (nSPS) is 17.5. The predicted octanol–water partition coefficient (Wildman–Crippen LogP) is 3.32. The van der Waals surface area contributed by atoms with Crippen LogP contribution in [0.4, 0.5) is 0 Å². The number of nitrogens with zero attached hydrogens (tertiary/aromatic N) is 2. The molecule has 1 unspecified atom stereocenters. The van der Waals surface area contributed by atoms with Gasteiger partial charge in [0.05, 0.1) is 18.3 Å². The number of carbonyl (C=O) groups excluding carboxylic acids is 1. The fourth-order valence-electron chi connectivity index (χ4n) is 4.79. The van der Waals surface area contributed by atoms with Gasteiger partial charge in [0.15, 0.2) is 0 Å². The van der Waals surface area contributed by atoms with Crippen LogP contribution in [0.15, 0.2) is 59.5 Å². The molecule has 1 amide bonds. The summed E-state index contributed by atoms with van der Waals surface area (Å²) < 4.78 is 1.61. The molecule has 152 valence electrons. The van der Waals surface area contributed by atoms with Crippen LogP contribution >= 0.6 is 0 Å². The number of hydrogen-bond acceptors (Lipinski definition) is 3. The van der Waals surface area contributed by atoms with Crippen LogP contribution in [0.25, 0.3) is 5.69 Å². The van der Waals surface area contributed by atoms with Gasteiger partial charge in [0.25, 0.3) is 11.5 Å². The summed E-state index contributed by atoms with van der Waals surface area (Å²) in [5.74, 6) is -0.326. The van der Waals surface area contributed by atoms with E-state index in [1.165, 1.54) is 11.1 Å². The quantitative estimate of drug-likeness (QED) is 0.718. The van der Waals surface area contributed by atoms with E-state index in [9.17, 15) is 14.7 Å². The van der Waals surface area contributed by atoms with Gasteiger partial charge >= 0.3 is 0 Å². The second-order valence-electron chi connectivity index (χ2n) is 8.22.